The molecule has 8 heteroatoms. The number of pyridine rings is 1. The van der Waals surface area contributed by atoms with E-state index in [2.05, 4.69) is 11.1 Å². The molecule has 7 nitrogen and oxygen atoms in total. The van der Waals surface area contributed by atoms with Gasteiger partial charge in [0.2, 0.25) is 12.0 Å². The van der Waals surface area contributed by atoms with E-state index in [4.69, 9.17) is 9.47 Å². The summed E-state index contributed by atoms with van der Waals surface area (Å²) >= 11 is 1.27. The van der Waals surface area contributed by atoms with Crippen molar-refractivity contribution in [2.45, 2.75) is 6.10 Å². The second-order valence-corrected chi connectivity index (χ2v) is 7.87. The normalized spacial score (nSPS) is 11.4. The van der Waals surface area contributed by atoms with E-state index in [1.807, 2.05) is 0 Å². The number of carboxylic acid groups (broad SMARTS) is 1. The molecule has 33 heavy (non-hydrogen) atoms. The average Bonchev–Trinajstić information content (AvgIpc) is 3.28. The van der Waals surface area contributed by atoms with Crippen LogP contribution in [0.2, 0.25) is 0 Å². The van der Waals surface area contributed by atoms with E-state index in [1.54, 1.807) is 73.2 Å². The number of methoxy groups -OCH3 is 1. The zero-order chi connectivity index (χ0) is 23.4. The SMILES string of the molecule is COc1ccc(-c2cc(-c3sccc3O)nc(OC(C(=O)O)c3ccccc3)c2C#N)cc1. The summed E-state index contributed by atoms with van der Waals surface area (Å²) in [7, 11) is 1.56. The smallest absolute Gasteiger partial charge is 0.349 e. The molecule has 0 amide bonds. The van der Waals surface area contributed by atoms with Crippen molar-refractivity contribution in [1.29, 1.82) is 5.26 Å². The van der Waals surface area contributed by atoms with Crippen LogP contribution in [-0.4, -0.2) is 28.3 Å². The third kappa shape index (κ3) is 4.49. The Hall–Kier alpha value is -4.35. The number of nitriles is 1. The molecule has 0 aliphatic heterocycles. The zero-order valence-corrected chi connectivity index (χ0v) is 18.2. The predicted molar refractivity (Wildman–Crippen MR) is 123 cm³/mol. The summed E-state index contributed by atoms with van der Waals surface area (Å²) < 4.78 is 11.0. The lowest BCUT2D eigenvalue weighted by Gasteiger charge is -2.18. The molecule has 2 aromatic carbocycles. The number of carbonyl (C=O) groups is 1. The second kappa shape index (κ2) is 9.42. The number of aromatic hydroxyl groups is 1. The molecule has 0 bridgehead atoms. The van der Waals surface area contributed by atoms with Crippen molar-refractivity contribution in [1.82, 2.24) is 4.98 Å². The number of aromatic nitrogens is 1. The number of thiophene rings is 1. The predicted octanol–water partition coefficient (Wildman–Crippen LogP) is 5.27. The Morgan fingerprint density at radius 2 is 1.85 bits per heavy atom. The molecule has 1 unspecified atom stereocenters. The van der Waals surface area contributed by atoms with Crippen molar-refractivity contribution >= 4 is 17.3 Å². The van der Waals surface area contributed by atoms with Crippen molar-refractivity contribution in [2.24, 2.45) is 0 Å². The molecule has 1 atom stereocenters. The molecule has 0 aliphatic carbocycles. The van der Waals surface area contributed by atoms with Gasteiger partial charge in [-0.2, -0.15) is 5.26 Å². The Balaban J connectivity index is 1.90. The molecule has 0 saturated carbocycles. The van der Waals surface area contributed by atoms with Crippen LogP contribution in [0.15, 0.2) is 72.1 Å². The van der Waals surface area contributed by atoms with Crippen LogP contribution in [0.3, 0.4) is 0 Å². The Morgan fingerprint density at radius 1 is 1.12 bits per heavy atom. The Kier molecular flexibility index (Phi) is 6.24. The first-order valence-electron chi connectivity index (χ1n) is 9.82. The molecule has 0 saturated heterocycles. The average molecular weight is 458 g/mol. The van der Waals surface area contributed by atoms with Crippen molar-refractivity contribution < 1.29 is 24.5 Å². The highest BCUT2D eigenvalue weighted by Crippen LogP contribution is 2.40. The van der Waals surface area contributed by atoms with E-state index in [0.717, 1.165) is 0 Å². The van der Waals surface area contributed by atoms with Crippen LogP contribution < -0.4 is 9.47 Å². The topological polar surface area (TPSA) is 113 Å². The number of benzene rings is 2. The van der Waals surface area contributed by atoms with Crippen molar-refractivity contribution in [3.8, 4) is 45.1 Å². The number of aliphatic carboxylic acids is 1. The summed E-state index contributed by atoms with van der Waals surface area (Å²) in [5.41, 5.74) is 2.03. The first-order chi connectivity index (χ1) is 16.0. The molecular weight excluding hydrogens is 440 g/mol. The fourth-order valence-electron chi connectivity index (χ4n) is 3.32. The molecule has 0 radical (unpaired) electrons. The van der Waals surface area contributed by atoms with E-state index in [1.165, 1.54) is 17.4 Å². The minimum absolute atomic E-state index is 0.0293. The number of nitrogens with zero attached hydrogens (tertiary/aromatic N) is 2. The van der Waals surface area contributed by atoms with E-state index >= 15 is 0 Å². The number of hydrogen-bond acceptors (Lipinski definition) is 7. The van der Waals surface area contributed by atoms with Crippen LogP contribution in [0.4, 0.5) is 0 Å². The lowest BCUT2D eigenvalue weighted by molar-refractivity contribution is -0.145. The maximum absolute atomic E-state index is 12.0. The molecule has 2 aromatic heterocycles. The maximum atomic E-state index is 12.0. The van der Waals surface area contributed by atoms with Gasteiger partial charge in [-0.05, 0) is 35.2 Å². The number of rotatable bonds is 7. The lowest BCUT2D eigenvalue weighted by atomic mass is 10.00. The van der Waals surface area contributed by atoms with Gasteiger partial charge in [0.25, 0.3) is 0 Å². The minimum atomic E-state index is -1.37. The largest absolute Gasteiger partial charge is 0.506 e. The molecule has 4 rings (SSSR count). The summed E-state index contributed by atoms with van der Waals surface area (Å²) in [4.78, 5) is 16.9. The minimum Gasteiger partial charge on any atom is -0.506 e. The summed E-state index contributed by atoms with van der Waals surface area (Å²) in [5, 5.41) is 31.7. The molecule has 164 valence electrons. The van der Waals surface area contributed by atoms with E-state index in [9.17, 15) is 20.3 Å². The Labute approximate surface area is 193 Å². The third-order valence-corrected chi connectivity index (χ3v) is 5.86. The summed E-state index contributed by atoms with van der Waals surface area (Å²) in [6.07, 6.45) is -1.37. The second-order valence-electron chi connectivity index (χ2n) is 6.96. The zero-order valence-electron chi connectivity index (χ0n) is 17.4. The van der Waals surface area contributed by atoms with E-state index in [-0.39, 0.29) is 17.2 Å². The van der Waals surface area contributed by atoms with Crippen molar-refractivity contribution in [3.05, 3.63) is 83.2 Å². The van der Waals surface area contributed by atoms with Gasteiger partial charge in [-0.25, -0.2) is 9.78 Å². The molecular formula is C25H18N2O5S. The van der Waals surface area contributed by atoms with E-state index < -0.39 is 12.1 Å². The maximum Gasteiger partial charge on any atom is 0.349 e. The number of hydrogen-bond donors (Lipinski definition) is 2. The van der Waals surface area contributed by atoms with Crippen LogP contribution >= 0.6 is 11.3 Å². The van der Waals surface area contributed by atoms with Gasteiger partial charge >= 0.3 is 5.97 Å². The fourth-order valence-corrected chi connectivity index (χ4v) is 4.07. The standard InChI is InChI=1S/C25H18N2O5S/c1-31-17-9-7-15(8-10-17)18-13-20(23-21(28)11-12-33-23)27-24(19(18)14-26)32-22(25(29)30)16-5-3-2-4-6-16/h2-13,22,28H,1H3,(H,29,30). The summed E-state index contributed by atoms with van der Waals surface area (Å²) in [6, 6.07) is 20.8. The highest BCUT2D eigenvalue weighted by Gasteiger charge is 2.26. The van der Waals surface area contributed by atoms with Crippen molar-refractivity contribution in [2.75, 3.05) is 7.11 Å². The van der Waals surface area contributed by atoms with Gasteiger partial charge in [-0.15, -0.1) is 11.3 Å². The Bertz CT molecular complexity index is 1330. The first-order valence-corrected chi connectivity index (χ1v) is 10.7. The molecule has 2 N–H and O–H groups in total. The van der Waals surface area contributed by atoms with Crippen molar-refractivity contribution in [3.63, 3.8) is 0 Å². The van der Waals surface area contributed by atoms with Gasteiger partial charge < -0.3 is 19.7 Å². The highest BCUT2D eigenvalue weighted by atomic mass is 32.1. The van der Waals surface area contributed by atoms with Gasteiger partial charge in [0, 0.05) is 11.1 Å². The number of ether oxygens (including phenoxy) is 2. The first kappa shape index (κ1) is 21.9. The Morgan fingerprint density at radius 3 is 2.42 bits per heavy atom. The molecule has 0 fully saturated rings. The monoisotopic (exact) mass is 458 g/mol. The molecule has 0 spiro atoms. The summed E-state index contributed by atoms with van der Waals surface area (Å²) in [5.74, 6) is -0.678. The van der Waals surface area contributed by atoms with Crippen LogP contribution in [0.5, 0.6) is 17.4 Å². The molecule has 4 aromatic rings. The van der Waals surface area contributed by atoms with Gasteiger partial charge in [0.15, 0.2) is 0 Å². The van der Waals surface area contributed by atoms with Crippen LogP contribution in [0, 0.1) is 11.3 Å². The van der Waals surface area contributed by atoms with Crippen LogP contribution in [-0.2, 0) is 4.79 Å². The van der Waals surface area contributed by atoms with Gasteiger partial charge in [-0.3, -0.25) is 0 Å². The lowest BCUT2D eigenvalue weighted by Crippen LogP contribution is -2.19. The van der Waals surface area contributed by atoms with Gasteiger partial charge in [0.1, 0.15) is 23.1 Å². The third-order valence-electron chi connectivity index (χ3n) is 4.93. The highest BCUT2D eigenvalue weighted by molar-refractivity contribution is 7.14. The fraction of sp³-hybridized carbons (Fsp3) is 0.0800. The van der Waals surface area contributed by atoms with Crippen LogP contribution in [0.25, 0.3) is 21.7 Å². The van der Waals surface area contributed by atoms with Gasteiger partial charge in [0.05, 0.1) is 17.7 Å². The quantitative estimate of drug-likeness (QED) is 0.388. The summed E-state index contributed by atoms with van der Waals surface area (Å²) in [6.45, 7) is 0. The van der Waals surface area contributed by atoms with Gasteiger partial charge in [-0.1, -0.05) is 42.5 Å². The molecule has 2 heterocycles. The van der Waals surface area contributed by atoms with Crippen LogP contribution in [0.1, 0.15) is 17.2 Å². The molecule has 0 aliphatic rings. The number of carboxylic acids is 1. The van der Waals surface area contributed by atoms with E-state index in [0.29, 0.717) is 33.0 Å².